The van der Waals surface area contributed by atoms with E-state index in [4.69, 9.17) is 5.11 Å². The van der Waals surface area contributed by atoms with E-state index in [1.807, 2.05) is 17.5 Å². The van der Waals surface area contributed by atoms with Gasteiger partial charge in [0.1, 0.15) is 6.04 Å². The lowest BCUT2D eigenvalue weighted by molar-refractivity contribution is -0.139. The molecule has 1 saturated carbocycles. The van der Waals surface area contributed by atoms with Crippen LogP contribution in [0.2, 0.25) is 0 Å². The number of amides is 2. The van der Waals surface area contributed by atoms with Gasteiger partial charge >= 0.3 is 12.0 Å². The van der Waals surface area contributed by atoms with Crippen LogP contribution in [0.4, 0.5) is 4.79 Å². The van der Waals surface area contributed by atoms with Crippen molar-refractivity contribution in [3.05, 3.63) is 22.4 Å². The number of carbonyl (C=O) groups excluding carboxylic acids is 1. The van der Waals surface area contributed by atoms with Crippen LogP contribution in [-0.2, 0) is 11.3 Å². The van der Waals surface area contributed by atoms with Gasteiger partial charge in [0.2, 0.25) is 0 Å². The standard InChI is InChI=1S/C11H14N2O3S/c14-10(15)9(7-3-4-7)13-11(16)12-6-8-2-1-5-17-8/h1-2,5,7,9H,3-4,6H2,(H,14,15)(H2,12,13,16). The Kier molecular flexibility index (Phi) is 3.63. The molecule has 1 aromatic heterocycles. The Morgan fingerprint density at radius 3 is 2.82 bits per heavy atom. The topological polar surface area (TPSA) is 78.4 Å². The first kappa shape index (κ1) is 11.9. The average molecular weight is 254 g/mol. The number of urea groups is 1. The van der Waals surface area contributed by atoms with Crippen LogP contribution in [0.3, 0.4) is 0 Å². The second kappa shape index (κ2) is 5.18. The Morgan fingerprint density at radius 1 is 1.53 bits per heavy atom. The van der Waals surface area contributed by atoms with Crippen LogP contribution in [0, 0.1) is 5.92 Å². The van der Waals surface area contributed by atoms with Crippen LogP contribution in [0.25, 0.3) is 0 Å². The number of carboxylic acid groups (broad SMARTS) is 1. The SMILES string of the molecule is O=C(NCc1cccs1)NC(C(=O)O)C1CC1. The van der Waals surface area contributed by atoms with Gasteiger partial charge in [-0.2, -0.15) is 0 Å². The zero-order chi connectivity index (χ0) is 12.3. The number of hydrogen-bond acceptors (Lipinski definition) is 3. The minimum absolute atomic E-state index is 0.0972. The molecule has 17 heavy (non-hydrogen) atoms. The highest BCUT2D eigenvalue weighted by atomic mass is 32.1. The van der Waals surface area contributed by atoms with Gasteiger partial charge in [0.25, 0.3) is 0 Å². The van der Waals surface area contributed by atoms with Gasteiger partial charge in [0.05, 0.1) is 6.54 Å². The molecule has 1 aliphatic carbocycles. The maximum Gasteiger partial charge on any atom is 0.326 e. The number of hydrogen-bond donors (Lipinski definition) is 3. The van der Waals surface area contributed by atoms with Crippen molar-refractivity contribution < 1.29 is 14.7 Å². The highest BCUT2D eigenvalue weighted by Gasteiger charge is 2.37. The molecule has 5 nitrogen and oxygen atoms in total. The van der Waals surface area contributed by atoms with Crippen molar-refractivity contribution in [3.63, 3.8) is 0 Å². The van der Waals surface area contributed by atoms with E-state index in [1.165, 1.54) is 0 Å². The van der Waals surface area contributed by atoms with E-state index in [1.54, 1.807) is 11.3 Å². The molecule has 1 aliphatic rings. The van der Waals surface area contributed by atoms with E-state index in [0.717, 1.165) is 17.7 Å². The number of carbonyl (C=O) groups is 2. The molecule has 6 heteroatoms. The lowest BCUT2D eigenvalue weighted by atomic mass is 10.2. The fraction of sp³-hybridized carbons (Fsp3) is 0.455. The molecule has 1 fully saturated rings. The molecular formula is C11H14N2O3S. The molecule has 1 atom stereocenters. The zero-order valence-corrected chi connectivity index (χ0v) is 10.00. The van der Waals surface area contributed by atoms with Crippen molar-refractivity contribution in [1.29, 1.82) is 0 Å². The molecule has 1 unspecified atom stereocenters. The Balaban J connectivity index is 1.77. The number of thiophene rings is 1. The average Bonchev–Trinajstić information content (AvgIpc) is 2.99. The second-order valence-electron chi connectivity index (χ2n) is 4.06. The van der Waals surface area contributed by atoms with E-state index in [-0.39, 0.29) is 5.92 Å². The summed E-state index contributed by atoms with van der Waals surface area (Å²) in [5.74, 6) is -0.862. The molecule has 0 aliphatic heterocycles. The molecule has 0 radical (unpaired) electrons. The Hall–Kier alpha value is -1.56. The van der Waals surface area contributed by atoms with Crippen LogP contribution in [0.15, 0.2) is 17.5 Å². The fourth-order valence-corrected chi connectivity index (χ4v) is 2.23. The Bertz CT molecular complexity index is 401. The molecule has 0 bridgehead atoms. The van der Waals surface area contributed by atoms with Crippen molar-refractivity contribution in [2.75, 3.05) is 0 Å². The summed E-state index contributed by atoms with van der Waals surface area (Å²) in [6, 6.07) is 2.65. The van der Waals surface area contributed by atoms with E-state index in [9.17, 15) is 9.59 Å². The zero-order valence-electron chi connectivity index (χ0n) is 9.18. The van der Waals surface area contributed by atoms with Crippen LogP contribution < -0.4 is 10.6 Å². The van der Waals surface area contributed by atoms with Crippen LogP contribution in [-0.4, -0.2) is 23.1 Å². The molecule has 1 aromatic rings. The normalized spacial score (nSPS) is 16.2. The fourth-order valence-electron chi connectivity index (χ4n) is 1.58. The van der Waals surface area contributed by atoms with E-state index < -0.39 is 18.0 Å². The second-order valence-corrected chi connectivity index (χ2v) is 5.09. The van der Waals surface area contributed by atoms with Crippen molar-refractivity contribution in [2.24, 2.45) is 5.92 Å². The van der Waals surface area contributed by atoms with Crippen molar-refractivity contribution in [3.8, 4) is 0 Å². The van der Waals surface area contributed by atoms with Gasteiger partial charge in [-0.15, -0.1) is 11.3 Å². The predicted octanol–water partition coefficient (Wildman–Crippen LogP) is 1.41. The number of rotatable bonds is 5. The first-order valence-corrected chi connectivity index (χ1v) is 6.34. The van der Waals surface area contributed by atoms with Crippen molar-refractivity contribution in [2.45, 2.75) is 25.4 Å². The van der Waals surface area contributed by atoms with Gasteiger partial charge in [-0.1, -0.05) is 6.07 Å². The molecule has 1 heterocycles. The summed E-state index contributed by atoms with van der Waals surface area (Å²) in [5, 5.41) is 16.0. The van der Waals surface area contributed by atoms with E-state index in [0.29, 0.717) is 6.54 Å². The summed E-state index contributed by atoms with van der Waals surface area (Å²) in [6.45, 7) is 0.431. The monoisotopic (exact) mass is 254 g/mol. The first-order chi connectivity index (χ1) is 8.16. The highest BCUT2D eigenvalue weighted by molar-refractivity contribution is 7.09. The summed E-state index contributed by atoms with van der Waals surface area (Å²) < 4.78 is 0. The molecule has 0 aromatic carbocycles. The van der Waals surface area contributed by atoms with Crippen molar-refractivity contribution in [1.82, 2.24) is 10.6 Å². The molecule has 2 amide bonds. The van der Waals surface area contributed by atoms with Gasteiger partial charge in [0.15, 0.2) is 0 Å². The smallest absolute Gasteiger partial charge is 0.326 e. The number of aliphatic carboxylic acids is 1. The summed E-state index contributed by atoms with van der Waals surface area (Å²) in [7, 11) is 0. The number of nitrogens with one attached hydrogen (secondary N) is 2. The van der Waals surface area contributed by atoms with E-state index >= 15 is 0 Å². The van der Waals surface area contributed by atoms with Crippen molar-refractivity contribution >= 4 is 23.3 Å². The molecular weight excluding hydrogens is 240 g/mol. The minimum atomic E-state index is -0.959. The van der Waals surface area contributed by atoms with Gasteiger partial charge in [-0.25, -0.2) is 9.59 Å². The summed E-state index contributed by atoms with van der Waals surface area (Å²) in [6.07, 6.45) is 1.75. The maximum atomic E-state index is 11.5. The largest absolute Gasteiger partial charge is 0.480 e. The van der Waals surface area contributed by atoms with Crippen LogP contribution in [0.5, 0.6) is 0 Å². The molecule has 0 saturated heterocycles. The maximum absolute atomic E-state index is 11.5. The van der Waals surface area contributed by atoms with Crippen LogP contribution >= 0.6 is 11.3 Å². The molecule has 2 rings (SSSR count). The summed E-state index contributed by atoms with van der Waals surface area (Å²) in [5.41, 5.74) is 0. The van der Waals surface area contributed by atoms with Gasteiger partial charge in [-0.3, -0.25) is 0 Å². The van der Waals surface area contributed by atoms with Gasteiger partial charge in [-0.05, 0) is 30.2 Å². The summed E-state index contributed by atoms with van der Waals surface area (Å²) in [4.78, 5) is 23.5. The van der Waals surface area contributed by atoms with E-state index in [2.05, 4.69) is 10.6 Å². The van der Waals surface area contributed by atoms with Gasteiger partial charge in [0, 0.05) is 4.88 Å². The third-order valence-corrected chi connectivity index (χ3v) is 3.53. The van der Waals surface area contributed by atoms with Crippen LogP contribution in [0.1, 0.15) is 17.7 Å². The Morgan fingerprint density at radius 2 is 2.29 bits per heavy atom. The lowest BCUT2D eigenvalue weighted by Gasteiger charge is -2.13. The minimum Gasteiger partial charge on any atom is -0.480 e. The summed E-state index contributed by atoms with van der Waals surface area (Å²) >= 11 is 1.55. The first-order valence-electron chi connectivity index (χ1n) is 5.46. The molecule has 92 valence electrons. The van der Waals surface area contributed by atoms with Gasteiger partial charge < -0.3 is 15.7 Å². The molecule has 0 spiro atoms. The quantitative estimate of drug-likeness (QED) is 0.743. The lowest BCUT2D eigenvalue weighted by Crippen LogP contribution is -2.46. The predicted molar refractivity (Wildman–Crippen MR) is 63.8 cm³/mol. The number of carboxylic acids is 1. The third kappa shape index (κ3) is 3.45. The highest BCUT2D eigenvalue weighted by Crippen LogP contribution is 2.32. The molecule has 3 N–H and O–H groups in total. The Labute approximate surface area is 103 Å². The third-order valence-electron chi connectivity index (χ3n) is 2.65.